The Bertz CT molecular complexity index is 1710. The van der Waals surface area contributed by atoms with Crippen LogP contribution in [-0.4, -0.2) is 48.6 Å². The number of hydrogen-bond donors (Lipinski definition) is 1. The first-order valence-corrected chi connectivity index (χ1v) is 14.9. The number of para-hydroxylation sites is 1. The van der Waals surface area contributed by atoms with E-state index >= 15 is 0 Å². The van der Waals surface area contributed by atoms with Crippen molar-refractivity contribution in [2.75, 3.05) is 26.3 Å². The van der Waals surface area contributed by atoms with Crippen molar-refractivity contribution in [3.63, 3.8) is 0 Å². The molecule has 1 aliphatic heterocycles. The van der Waals surface area contributed by atoms with Gasteiger partial charge in [0.25, 0.3) is 0 Å². The van der Waals surface area contributed by atoms with E-state index in [1.54, 1.807) is 35.6 Å². The van der Waals surface area contributed by atoms with Gasteiger partial charge in [-0.15, -0.1) is 11.3 Å². The molecule has 0 amide bonds. The number of ether oxygens (including phenoxy) is 1. The molecule has 0 bridgehead atoms. The van der Waals surface area contributed by atoms with Gasteiger partial charge in [0, 0.05) is 42.1 Å². The van der Waals surface area contributed by atoms with E-state index in [4.69, 9.17) is 9.73 Å². The average molecular weight is 545 g/mol. The quantitative estimate of drug-likeness (QED) is 0.306. The van der Waals surface area contributed by atoms with Crippen LogP contribution in [0.1, 0.15) is 5.56 Å². The second kappa shape index (κ2) is 10.7. The van der Waals surface area contributed by atoms with Gasteiger partial charge in [-0.25, -0.2) is 13.4 Å². The largest absolute Gasteiger partial charge is 0.379 e. The minimum absolute atomic E-state index is 0.279. The monoisotopic (exact) mass is 544 g/mol. The molecule has 5 aromatic rings. The number of sulfonamides is 1. The summed E-state index contributed by atoms with van der Waals surface area (Å²) in [6.45, 7) is 2.36. The summed E-state index contributed by atoms with van der Waals surface area (Å²) in [7, 11) is -3.54. The predicted molar refractivity (Wildman–Crippen MR) is 151 cm³/mol. The molecule has 1 fully saturated rings. The van der Waals surface area contributed by atoms with E-state index in [0.29, 0.717) is 32.0 Å². The van der Waals surface area contributed by atoms with Gasteiger partial charge >= 0.3 is 0 Å². The molecule has 2 aromatic heterocycles. The van der Waals surface area contributed by atoms with Crippen LogP contribution in [0, 0.1) is 0 Å². The van der Waals surface area contributed by atoms with Crippen LogP contribution in [0.3, 0.4) is 0 Å². The van der Waals surface area contributed by atoms with Crippen LogP contribution in [0.4, 0.5) is 5.69 Å². The van der Waals surface area contributed by atoms with Crippen LogP contribution in [0.5, 0.6) is 0 Å². The van der Waals surface area contributed by atoms with Crippen LogP contribution >= 0.6 is 11.3 Å². The second-order valence-corrected chi connectivity index (χ2v) is 11.9. The molecule has 6 rings (SSSR count). The highest BCUT2D eigenvalue weighted by molar-refractivity contribution is 7.89. The summed E-state index contributed by atoms with van der Waals surface area (Å²) >= 11 is 1.59. The van der Waals surface area contributed by atoms with Crippen molar-refractivity contribution in [3.8, 4) is 11.3 Å². The van der Waals surface area contributed by atoms with E-state index in [-0.39, 0.29) is 4.90 Å². The zero-order valence-corrected chi connectivity index (χ0v) is 22.4. The number of aromatic nitrogens is 2. The molecular formula is C29H28N4O3S2. The van der Waals surface area contributed by atoms with Crippen molar-refractivity contribution in [2.45, 2.75) is 17.9 Å². The number of nitrogens with zero attached hydrogens (tertiary/aromatic N) is 3. The number of aromatic amines is 1. The van der Waals surface area contributed by atoms with Crippen molar-refractivity contribution in [1.29, 1.82) is 0 Å². The molecule has 0 atom stereocenters. The first kappa shape index (κ1) is 24.8. The number of nitrogens with one attached hydrogen (secondary N) is 1. The number of rotatable bonds is 7. The molecule has 3 aromatic carbocycles. The molecule has 1 aliphatic rings. The first-order valence-electron chi connectivity index (χ1n) is 12.6. The summed E-state index contributed by atoms with van der Waals surface area (Å²) in [6, 6.07) is 25.5. The highest BCUT2D eigenvalue weighted by atomic mass is 32.2. The van der Waals surface area contributed by atoms with E-state index in [1.807, 2.05) is 24.3 Å². The number of thiazole rings is 1. The Labute approximate surface area is 225 Å². The zero-order valence-electron chi connectivity index (χ0n) is 20.8. The smallest absolute Gasteiger partial charge is 0.243 e. The Morgan fingerprint density at radius 1 is 0.921 bits per heavy atom. The van der Waals surface area contributed by atoms with E-state index in [1.165, 1.54) is 15.3 Å². The molecule has 0 spiro atoms. The molecular weight excluding hydrogens is 516 g/mol. The van der Waals surface area contributed by atoms with Crippen LogP contribution < -0.4 is 4.80 Å². The van der Waals surface area contributed by atoms with Crippen LogP contribution in [0.2, 0.25) is 0 Å². The number of H-pyrrole nitrogens is 1. The summed E-state index contributed by atoms with van der Waals surface area (Å²) in [5.41, 5.74) is 5.37. The normalized spacial score (nSPS) is 15.3. The van der Waals surface area contributed by atoms with Gasteiger partial charge in [0.1, 0.15) is 0 Å². The van der Waals surface area contributed by atoms with E-state index in [9.17, 15) is 8.42 Å². The van der Waals surface area contributed by atoms with Crippen molar-refractivity contribution < 1.29 is 13.2 Å². The van der Waals surface area contributed by atoms with Crippen LogP contribution in [0.25, 0.3) is 22.2 Å². The third kappa shape index (κ3) is 4.98. The third-order valence-electron chi connectivity index (χ3n) is 6.82. The van der Waals surface area contributed by atoms with Gasteiger partial charge in [0.15, 0.2) is 4.80 Å². The summed E-state index contributed by atoms with van der Waals surface area (Å²) in [4.78, 5) is 9.45. The molecule has 1 N–H and O–H groups in total. The lowest BCUT2D eigenvalue weighted by molar-refractivity contribution is 0.0730. The summed E-state index contributed by atoms with van der Waals surface area (Å²) in [5, 5.41) is 3.38. The predicted octanol–water partition coefficient (Wildman–Crippen LogP) is 5.19. The van der Waals surface area contributed by atoms with Crippen molar-refractivity contribution in [3.05, 3.63) is 101 Å². The molecule has 0 saturated carbocycles. The molecule has 3 heterocycles. The highest BCUT2D eigenvalue weighted by Crippen LogP contribution is 2.24. The van der Waals surface area contributed by atoms with Crippen LogP contribution in [0.15, 0.2) is 100 Å². The van der Waals surface area contributed by atoms with Gasteiger partial charge in [0.05, 0.1) is 29.5 Å². The molecule has 1 saturated heterocycles. The number of hydrogen-bond acceptors (Lipinski definition) is 5. The molecule has 0 aliphatic carbocycles. The number of fused-ring (bicyclic) bond motifs is 1. The van der Waals surface area contributed by atoms with Gasteiger partial charge in [-0.2, -0.15) is 4.31 Å². The Morgan fingerprint density at radius 2 is 1.66 bits per heavy atom. The summed E-state index contributed by atoms with van der Waals surface area (Å²) in [5.74, 6) is 0. The lowest BCUT2D eigenvalue weighted by Crippen LogP contribution is -2.40. The molecule has 194 valence electrons. The van der Waals surface area contributed by atoms with Crippen molar-refractivity contribution in [2.24, 2.45) is 4.99 Å². The molecule has 7 nitrogen and oxygen atoms in total. The van der Waals surface area contributed by atoms with Gasteiger partial charge < -0.3 is 14.3 Å². The second-order valence-electron chi connectivity index (χ2n) is 9.15. The fourth-order valence-corrected chi connectivity index (χ4v) is 7.15. The number of benzene rings is 3. The third-order valence-corrected chi connectivity index (χ3v) is 9.59. The fraction of sp³-hybridized carbons (Fsp3) is 0.207. The Balaban J connectivity index is 1.33. The molecule has 0 unspecified atom stereocenters. The molecule has 0 radical (unpaired) electrons. The molecule has 9 heteroatoms. The van der Waals surface area contributed by atoms with Crippen LogP contribution in [-0.2, 0) is 27.7 Å². The topological polar surface area (TPSA) is 79.7 Å². The van der Waals surface area contributed by atoms with Gasteiger partial charge in [-0.3, -0.25) is 0 Å². The lowest BCUT2D eigenvalue weighted by atomic mass is 10.1. The Morgan fingerprint density at radius 3 is 2.45 bits per heavy atom. The first-order chi connectivity index (χ1) is 18.6. The van der Waals surface area contributed by atoms with Gasteiger partial charge in [-0.1, -0.05) is 48.5 Å². The lowest BCUT2D eigenvalue weighted by Gasteiger charge is -2.26. The number of aryl methyl sites for hydroxylation is 1. The van der Waals surface area contributed by atoms with E-state index < -0.39 is 10.0 Å². The average Bonchev–Trinajstić information content (AvgIpc) is 3.57. The number of morpholine rings is 1. The summed E-state index contributed by atoms with van der Waals surface area (Å²) in [6.07, 6.45) is 2.94. The Hall–Kier alpha value is -3.50. The van der Waals surface area contributed by atoms with Crippen molar-refractivity contribution in [1.82, 2.24) is 13.9 Å². The van der Waals surface area contributed by atoms with Gasteiger partial charge in [0.2, 0.25) is 10.0 Å². The maximum Gasteiger partial charge on any atom is 0.243 e. The van der Waals surface area contributed by atoms with E-state index in [0.717, 1.165) is 34.5 Å². The van der Waals surface area contributed by atoms with Crippen molar-refractivity contribution >= 4 is 38.0 Å². The Kier molecular flexibility index (Phi) is 6.99. The van der Waals surface area contributed by atoms with Gasteiger partial charge in [-0.05, 0) is 47.9 Å². The van der Waals surface area contributed by atoms with E-state index in [2.05, 4.69) is 51.5 Å². The fourth-order valence-electron chi connectivity index (χ4n) is 4.78. The highest BCUT2D eigenvalue weighted by Gasteiger charge is 2.26. The minimum atomic E-state index is -3.54. The standard InChI is InChI=1S/C29H28N4O3S2/c34-38(35,32-16-18-36-19-17-32)25-12-10-24(11-13-25)31-29-33(28(21-37-29)22-6-2-1-3-7-22)15-14-23-20-30-27-9-5-4-8-26(23)27/h1-13,20-21,30H,14-19H2. The maximum absolute atomic E-state index is 13.0. The molecule has 38 heavy (non-hydrogen) atoms. The summed E-state index contributed by atoms with van der Waals surface area (Å²) < 4.78 is 35.0. The zero-order chi connectivity index (χ0) is 26.0. The minimum Gasteiger partial charge on any atom is -0.379 e. The maximum atomic E-state index is 13.0. The SMILES string of the molecule is O=S(=O)(c1ccc(N=c2scc(-c3ccccc3)n2CCc2c[nH]c3ccccc23)cc1)N1CCOCC1.